The minimum absolute atomic E-state index is 0.0671. The van der Waals surface area contributed by atoms with Crippen LogP contribution in [-0.2, 0) is 28.6 Å². The molecule has 0 amide bonds. The zero-order chi connectivity index (χ0) is 56.4. The molecule has 0 rings (SSSR count). The van der Waals surface area contributed by atoms with Gasteiger partial charge >= 0.3 is 17.9 Å². The first kappa shape index (κ1) is 75.9. The zero-order valence-electron chi connectivity index (χ0n) is 53.0. The van der Waals surface area contributed by atoms with Crippen LogP contribution in [0.4, 0.5) is 0 Å². The van der Waals surface area contributed by atoms with Crippen molar-refractivity contribution in [2.24, 2.45) is 0 Å². The van der Waals surface area contributed by atoms with Gasteiger partial charge in [0.2, 0.25) is 0 Å². The van der Waals surface area contributed by atoms with E-state index in [0.717, 1.165) is 57.8 Å². The Bertz CT molecular complexity index is 1260. The lowest BCUT2D eigenvalue weighted by atomic mass is 10.0. The van der Waals surface area contributed by atoms with E-state index in [1.165, 1.54) is 302 Å². The third-order valence-electron chi connectivity index (χ3n) is 16.2. The van der Waals surface area contributed by atoms with Crippen LogP contribution in [0, 0.1) is 0 Å². The van der Waals surface area contributed by atoms with Crippen molar-refractivity contribution in [3.63, 3.8) is 0 Å². The Kier molecular flexibility index (Phi) is 65.6. The molecule has 0 aliphatic heterocycles. The maximum Gasteiger partial charge on any atom is 0.306 e. The maximum atomic E-state index is 12.9. The van der Waals surface area contributed by atoms with E-state index in [4.69, 9.17) is 14.2 Å². The molecule has 0 spiro atoms. The highest BCUT2D eigenvalue weighted by Gasteiger charge is 2.19. The van der Waals surface area contributed by atoms with E-state index >= 15 is 0 Å². The lowest BCUT2D eigenvalue weighted by Crippen LogP contribution is -2.30. The second kappa shape index (κ2) is 67.4. The first-order valence-electron chi connectivity index (χ1n) is 35.3. The van der Waals surface area contributed by atoms with Crippen molar-refractivity contribution < 1.29 is 28.6 Å². The predicted octanol–water partition coefficient (Wildman–Crippen LogP) is 24.2. The molecular formula is C72H136O6. The number of ether oxygens (including phenoxy) is 3. The molecule has 0 saturated carbocycles. The van der Waals surface area contributed by atoms with Crippen LogP contribution in [0.25, 0.3) is 0 Å². The van der Waals surface area contributed by atoms with Crippen molar-refractivity contribution in [3.05, 3.63) is 24.3 Å². The van der Waals surface area contributed by atoms with Gasteiger partial charge in [-0.05, 0) is 70.6 Å². The van der Waals surface area contributed by atoms with E-state index in [9.17, 15) is 14.4 Å². The van der Waals surface area contributed by atoms with Crippen LogP contribution < -0.4 is 0 Å². The van der Waals surface area contributed by atoms with Gasteiger partial charge in [-0.25, -0.2) is 0 Å². The molecule has 0 aromatic carbocycles. The number of unbranched alkanes of at least 4 members (excludes halogenated alkanes) is 51. The molecule has 460 valence electrons. The average molecular weight is 1100 g/mol. The highest BCUT2D eigenvalue weighted by molar-refractivity contribution is 5.71. The van der Waals surface area contributed by atoms with E-state index < -0.39 is 6.10 Å². The molecule has 0 N–H and O–H groups in total. The SMILES string of the molecule is CCCCCCCC/C=C\CCCCCCCCCC(=O)OC(COC(=O)CCCCCCCCCC)COC(=O)CCCCCCCCCCCCCCCCCCCCCCCCC/C=C\CCCCCCCCCC. The van der Waals surface area contributed by atoms with Gasteiger partial charge in [-0.2, -0.15) is 0 Å². The van der Waals surface area contributed by atoms with E-state index in [-0.39, 0.29) is 31.1 Å². The van der Waals surface area contributed by atoms with E-state index in [1.807, 2.05) is 0 Å². The summed E-state index contributed by atoms with van der Waals surface area (Å²) < 4.78 is 16.9. The van der Waals surface area contributed by atoms with Gasteiger partial charge in [0.05, 0.1) is 0 Å². The summed E-state index contributed by atoms with van der Waals surface area (Å²) >= 11 is 0. The van der Waals surface area contributed by atoms with Gasteiger partial charge in [-0.1, -0.05) is 334 Å². The number of allylic oxidation sites excluding steroid dienone is 4. The molecule has 6 heteroatoms. The van der Waals surface area contributed by atoms with E-state index in [1.54, 1.807) is 0 Å². The fourth-order valence-corrected chi connectivity index (χ4v) is 10.8. The number of esters is 3. The maximum absolute atomic E-state index is 12.9. The van der Waals surface area contributed by atoms with Gasteiger partial charge in [0.25, 0.3) is 0 Å². The fraction of sp³-hybridized carbons (Fsp3) is 0.903. The van der Waals surface area contributed by atoms with Crippen LogP contribution in [-0.4, -0.2) is 37.2 Å². The van der Waals surface area contributed by atoms with Gasteiger partial charge in [0.15, 0.2) is 6.10 Å². The smallest absolute Gasteiger partial charge is 0.306 e. The second-order valence-electron chi connectivity index (χ2n) is 24.1. The summed E-state index contributed by atoms with van der Waals surface area (Å²) in [5.74, 6) is -0.850. The fourth-order valence-electron chi connectivity index (χ4n) is 10.8. The van der Waals surface area contributed by atoms with Crippen LogP contribution in [0.2, 0.25) is 0 Å². The van der Waals surface area contributed by atoms with Crippen molar-refractivity contribution in [1.29, 1.82) is 0 Å². The summed E-state index contributed by atoms with van der Waals surface area (Å²) in [5.41, 5.74) is 0. The Hall–Kier alpha value is -2.11. The van der Waals surface area contributed by atoms with Crippen LogP contribution in [0.15, 0.2) is 24.3 Å². The molecule has 1 unspecified atom stereocenters. The van der Waals surface area contributed by atoms with Crippen LogP contribution >= 0.6 is 0 Å². The number of carbonyl (C=O) groups is 3. The number of rotatable bonds is 66. The van der Waals surface area contributed by atoms with Crippen molar-refractivity contribution in [2.75, 3.05) is 13.2 Å². The summed E-state index contributed by atoms with van der Waals surface area (Å²) in [6, 6.07) is 0. The van der Waals surface area contributed by atoms with Gasteiger partial charge < -0.3 is 14.2 Å². The lowest BCUT2D eigenvalue weighted by molar-refractivity contribution is -0.167. The summed E-state index contributed by atoms with van der Waals surface area (Å²) in [5, 5.41) is 0. The molecular weight excluding hydrogens is 961 g/mol. The van der Waals surface area contributed by atoms with Gasteiger partial charge in [0.1, 0.15) is 13.2 Å². The normalized spacial score (nSPS) is 12.1. The summed E-state index contributed by atoms with van der Waals surface area (Å²) in [6.07, 6.45) is 82.5. The number of hydrogen-bond acceptors (Lipinski definition) is 6. The van der Waals surface area contributed by atoms with Crippen LogP contribution in [0.1, 0.15) is 400 Å². The molecule has 0 radical (unpaired) electrons. The molecule has 78 heavy (non-hydrogen) atoms. The van der Waals surface area contributed by atoms with Crippen LogP contribution in [0.3, 0.4) is 0 Å². The van der Waals surface area contributed by atoms with Crippen molar-refractivity contribution in [1.82, 2.24) is 0 Å². The minimum atomic E-state index is -0.768. The highest BCUT2D eigenvalue weighted by atomic mass is 16.6. The average Bonchev–Trinajstić information content (AvgIpc) is 3.44. The first-order chi connectivity index (χ1) is 38.5. The van der Waals surface area contributed by atoms with Crippen molar-refractivity contribution in [3.8, 4) is 0 Å². The zero-order valence-corrected chi connectivity index (χ0v) is 53.0. The van der Waals surface area contributed by atoms with Crippen molar-refractivity contribution >= 4 is 17.9 Å². The Labute approximate surface area is 487 Å². The lowest BCUT2D eigenvalue weighted by Gasteiger charge is -2.18. The quantitative estimate of drug-likeness (QED) is 0.0261. The molecule has 6 nitrogen and oxygen atoms in total. The molecule has 0 heterocycles. The molecule has 0 bridgehead atoms. The molecule has 0 fully saturated rings. The first-order valence-corrected chi connectivity index (χ1v) is 35.3. The predicted molar refractivity (Wildman–Crippen MR) is 340 cm³/mol. The topological polar surface area (TPSA) is 78.9 Å². The monoisotopic (exact) mass is 1100 g/mol. The molecule has 0 saturated heterocycles. The molecule has 0 aromatic heterocycles. The Morgan fingerprint density at radius 3 is 0.641 bits per heavy atom. The third-order valence-corrected chi connectivity index (χ3v) is 16.2. The third kappa shape index (κ3) is 64.7. The highest BCUT2D eigenvalue weighted by Crippen LogP contribution is 2.19. The Balaban J connectivity index is 3.94. The molecule has 0 aliphatic rings. The molecule has 1 atom stereocenters. The Morgan fingerprint density at radius 2 is 0.423 bits per heavy atom. The summed E-state index contributed by atoms with van der Waals surface area (Å²) in [6.45, 7) is 6.67. The van der Waals surface area contributed by atoms with Gasteiger partial charge in [-0.15, -0.1) is 0 Å². The largest absolute Gasteiger partial charge is 0.462 e. The minimum Gasteiger partial charge on any atom is -0.462 e. The van der Waals surface area contributed by atoms with Gasteiger partial charge in [0, 0.05) is 19.3 Å². The van der Waals surface area contributed by atoms with Crippen LogP contribution in [0.5, 0.6) is 0 Å². The standard InChI is InChI=1S/C72H136O6/c1-4-7-10-13-16-19-21-23-25-27-28-29-30-31-32-33-34-35-36-37-38-39-40-41-42-43-44-46-47-49-51-53-56-59-62-65-71(74)77-68-69(67-76-70(73)64-61-58-55-18-15-12-9-6-3)78-72(75)66-63-60-57-54-52-50-48-45-26-24-22-20-17-14-11-8-5-2/h24,26-28,69H,4-23,25,29-68H2,1-3H3/b26-24-,28-27-. The van der Waals surface area contributed by atoms with Gasteiger partial charge in [-0.3, -0.25) is 14.4 Å². The molecule has 0 aromatic rings. The van der Waals surface area contributed by atoms with E-state index in [0.29, 0.717) is 19.3 Å². The van der Waals surface area contributed by atoms with Crippen molar-refractivity contribution in [2.45, 2.75) is 406 Å². The summed E-state index contributed by atoms with van der Waals surface area (Å²) in [4.78, 5) is 38.1. The van der Waals surface area contributed by atoms with E-state index in [2.05, 4.69) is 45.1 Å². The summed E-state index contributed by atoms with van der Waals surface area (Å²) in [7, 11) is 0. The number of carbonyl (C=O) groups excluding carboxylic acids is 3. The Morgan fingerprint density at radius 1 is 0.244 bits per heavy atom. The molecule has 0 aliphatic carbocycles. The second-order valence-corrected chi connectivity index (χ2v) is 24.1. The number of hydrogen-bond donors (Lipinski definition) is 0.